The molecule has 0 spiro atoms. The fourth-order valence-electron chi connectivity index (χ4n) is 1.85. The highest BCUT2D eigenvalue weighted by molar-refractivity contribution is 7.91. The molecule has 25 heavy (non-hydrogen) atoms. The Kier molecular flexibility index (Phi) is 5.23. The Labute approximate surface area is 153 Å². The highest BCUT2D eigenvalue weighted by Crippen LogP contribution is 2.31. The predicted octanol–water partition coefficient (Wildman–Crippen LogP) is 2.32. The van der Waals surface area contributed by atoms with E-state index in [0.29, 0.717) is 0 Å². The first kappa shape index (κ1) is 20.1. The number of sulfone groups is 1. The average Bonchev–Trinajstić information content (AvgIpc) is 2.44. The number of benzene rings is 2. The minimum atomic E-state index is -4.63. The van der Waals surface area contributed by atoms with Gasteiger partial charge in [-0.15, -0.1) is 0 Å². The number of hydrogen-bond acceptors (Lipinski definition) is 6. The van der Waals surface area contributed by atoms with E-state index in [4.69, 9.17) is 32.3 Å². The Hall–Kier alpha value is -1.21. The molecule has 0 radical (unpaired) electrons. The van der Waals surface area contributed by atoms with Crippen molar-refractivity contribution >= 4 is 53.3 Å². The Balaban J connectivity index is 2.61. The molecule has 0 heterocycles. The van der Waals surface area contributed by atoms with Crippen LogP contribution in [0, 0.1) is 0 Å². The van der Waals surface area contributed by atoms with E-state index >= 15 is 0 Å². The molecule has 8 nitrogen and oxygen atoms in total. The number of hydrogen-bond donors (Lipinski definition) is 2. The van der Waals surface area contributed by atoms with Gasteiger partial charge in [0.1, 0.15) is 9.79 Å². The molecule has 0 aliphatic heterocycles. The van der Waals surface area contributed by atoms with Gasteiger partial charge < -0.3 is 0 Å². The van der Waals surface area contributed by atoms with Gasteiger partial charge in [0.25, 0.3) is 20.2 Å². The molecule has 0 atom stereocenters. The van der Waals surface area contributed by atoms with Crippen molar-refractivity contribution in [2.45, 2.75) is 19.6 Å². The van der Waals surface area contributed by atoms with Gasteiger partial charge in [-0.3, -0.25) is 9.11 Å². The smallest absolute Gasteiger partial charge is 0.282 e. The molecule has 2 aromatic carbocycles. The third-order valence-corrected chi connectivity index (χ3v) is 7.41. The summed E-state index contributed by atoms with van der Waals surface area (Å²) in [5, 5.41) is -1.05. The summed E-state index contributed by atoms with van der Waals surface area (Å²) in [7, 11) is -13.5. The third kappa shape index (κ3) is 4.14. The molecule has 2 aromatic rings. The molecular formula is C12H8Cl2O8S3. The van der Waals surface area contributed by atoms with Crippen LogP contribution in [-0.4, -0.2) is 34.4 Å². The van der Waals surface area contributed by atoms with Gasteiger partial charge in [0, 0.05) is 0 Å². The van der Waals surface area contributed by atoms with Crippen LogP contribution in [0.5, 0.6) is 0 Å². The molecule has 13 heteroatoms. The maximum Gasteiger partial charge on any atom is 0.296 e. The molecule has 136 valence electrons. The van der Waals surface area contributed by atoms with Crippen molar-refractivity contribution in [1.29, 1.82) is 0 Å². The van der Waals surface area contributed by atoms with Crippen LogP contribution in [-0.2, 0) is 30.1 Å². The molecule has 0 aromatic heterocycles. The lowest BCUT2D eigenvalue weighted by atomic mass is 10.3. The van der Waals surface area contributed by atoms with Gasteiger partial charge in [-0.05, 0) is 36.4 Å². The van der Waals surface area contributed by atoms with Crippen LogP contribution in [0.15, 0.2) is 56.0 Å². The number of halogens is 2. The fourth-order valence-corrected chi connectivity index (χ4v) is 5.33. The van der Waals surface area contributed by atoms with Gasteiger partial charge in [0.2, 0.25) is 9.84 Å². The van der Waals surface area contributed by atoms with Crippen molar-refractivity contribution in [3.05, 3.63) is 46.4 Å². The van der Waals surface area contributed by atoms with Gasteiger partial charge in [0.05, 0.1) is 19.8 Å². The minimum Gasteiger partial charge on any atom is -0.282 e. The Morgan fingerprint density at radius 1 is 0.640 bits per heavy atom. The minimum absolute atomic E-state index is 0.416. The van der Waals surface area contributed by atoms with E-state index in [1.807, 2.05) is 0 Å². The zero-order valence-corrected chi connectivity index (χ0v) is 15.8. The molecule has 0 unspecified atom stereocenters. The molecule has 0 saturated carbocycles. The highest BCUT2D eigenvalue weighted by Gasteiger charge is 2.24. The third-order valence-electron chi connectivity index (χ3n) is 2.98. The molecule has 0 fully saturated rings. The molecule has 0 saturated heterocycles. The summed E-state index contributed by atoms with van der Waals surface area (Å²) < 4.78 is 87.3. The average molecular weight is 447 g/mol. The van der Waals surface area contributed by atoms with E-state index in [9.17, 15) is 25.3 Å². The van der Waals surface area contributed by atoms with Crippen LogP contribution in [0.1, 0.15) is 0 Å². The van der Waals surface area contributed by atoms with Crippen LogP contribution < -0.4 is 0 Å². The zero-order chi connectivity index (χ0) is 19.2. The lowest BCUT2D eigenvalue weighted by Gasteiger charge is -2.08. The largest absolute Gasteiger partial charge is 0.296 e. The van der Waals surface area contributed by atoms with Crippen LogP contribution >= 0.6 is 23.2 Å². The van der Waals surface area contributed by atoms with Crippen molar-refractivity contribution in [1.82, 2.24) is 0 Å². The lowest BCUT2D eigenvalue weighted by molar-refractivity contribution is 0.481. The molecule has 0 bridgehead atoms. The SMILES string of the molecule is O=S(=O)(O)c1ccc(S(=O)(=O)c2ccc(S(=O)(=O)O)c(Cl)c2)cc1Cl. The summed E-state index contributed by atoms with van der Waals surface area (Å²) in [6.45, 7) is 0. The summed E-state index contributed by atoms with van der Waals surface area (Å²) >= 11 is 11.4. The van der Waals surface area contributed by atoms with E-state index in [2.05, 4.69) is 0 Å². The quantitative estimate of drug-likeness (QED) is 0.680. The van der Waals surface area contributed by atoms with Crippen molar-refractivity contribution < 1.29 is 34.4 Å². The molecule has 2 N–H and O–H groups in total. The molecule has 0 aliphatic carbocycles. The maximum absolute atomic E-state index is 12.5. The topological polar surface area (TPSA) is 143 Å². The van der Waals surface area contributed by atoms with Gasteiger partial charge in [-0.25, -0.2) is 8.42 Å². The van der Waals surface area contributed by atoms with Crippen LogP contribution in [0.4, 0.5) is 0 Å². The van der Waals surface area contributed by atoms with Crippen LogP contribution in [0.3, 0.4) is 0 Å². The second-order valence-electron chi connectivity index (χ2n) is 4.64. The second kappa shape index (κ2) is 6.50. The van der Waals surface area contributed by atoms with E-state index in [1.165, 1.54) is 0 Å². The second-order valence-corrected chi connectivity index (χ2v) is 10.2. The van der Waals surface area contributed by atoms with E-state index in [0.717, 1.165) is 36.4 Å². The molecule has 0 amide bonds. The monoisotopic (exact) mass is 446 g/mol. The van der Waals surface area contributed by atoms with Crippen molar-refractivity contribution in [3.8, 4) is 0 Å². The highest BCUT2D eigenvalue weighted by atomic mass is 35.5. The zero-order valence-electron chi connectivity index (χ0n) is 11.8. The maximum atomic E-state index is 12.5. The van der Waals surface area contributed by atoms with Crippen LogP contribution in [0.25, 0.3) is 0 Å². The first-order valence-electron chi connectivity index (χ1n) is 6.04. The summed E-state index contributed by atoms with van der Waals surface area (Å²) in [5.41, 5.74) is 0. The van der Waals surface area contributed by atoms with Gasteiger partial charge in [-0.1, -0.05) is 23.2 Å². The molecular weight excluding hydrogens is 439 g/mol. The fraction of sp³-hybridized carbons (Fsp3) is 0. The normalized spacial score (nSPS) is 13.0. The van der Waals surface area contributed by atoms with Crippen molar-refractivity contribution in [3.63, 3.8) is 0 Å². The first-order valence-corrected chi connectivity index (χ1v) is 11.2. The van der Waals surface area contributed by atoms with Gasteiger partial charge in [-0.2, -0.15) is 16.8 Å². The molecule has 0 aliphatic rings. The Morgan fingerprint density at radius 3 is 1.20 bits per heavy atom. The Morgan fingerprint density at radius 2 is 0.960 bits per heavy atom. The van der Waals surface area contributed by atoms with Crippen molar-refractivity contribution in [2.75, 3.05) is 0 Å². The van der Waals surface area contributed by atoms with Gasteiger partial charge >= 0.3 is 0 Å². The van der Waals surface area contributed by atoms with E-state index in [-0.39, 0.29) is 0 Å². The predicted molar refractivity (Wildman–Crippen MR) is 88.0 cm³/mol. The van der Waals surface area contributed by atoms with E-state index < -0.39 is 59.7 Å². The van der Waals surface area contributed by atoms with E-state index in [1.54, 1.807) is 0 Å². The summed E-state index contributed by atoms with van der Waals surface area (Å²) in [6.07, 6.45) is 0. The van der Waals surface area contributed by atoms with Gasteiger partial charge in [0.15, 0.2) is 0 Å². The summed E-state index contributed by atoms with van der Waals surface area (Å²) in [4.78, 5) is -2.18. The Bertz CT molecular complexity index is 1080. The summed E-state index contributed by atoms with van der Waals surface area (Å²) in [6, 6.07) is 5.02. The summed E-state index contributed by atoms with van der Waals surface area (Å²) in [5.74, 6) is 0. The first-order chi connectivity index (χ1) is 11.2. The van der Waals surface area contributed by atoms with Crippen molar-refractivity contribution in [2.24, 2.45) is 0 Å². The van der Waals surface area contributed by atoms with Crippen LogP contribution in [0.2, 0.25) is 10.0 Å². The number of rotatable bonds is 4. The lowest BCUT2D eigenvalue weighted by Crippen LogP contribution is -2.06. The standard InChI is InChI=1S/C12H8Cl2O8S3/c13-9-5-7(1-3-11(9)24(17,18)19)23(15,16)8-2-4-12(10(14)6-8)25(20,21)22/h1-6H,(H,17,18,19)(H,20,21,22). The molecule has 2 rings (SSSR count).